The molecule has 1 unspecified atom stereocenters. The van der Waals surface area contributed by atoms with Crippen molar-refractivity contribution in [2.24, 2.45) is 0 Å². The molecule has 1 aromatic heterocycles. The van der Waals surface area contributed by atoms with Crippen molar-refractivity contribution in [3.63, 3.8) is 0 Å². The zero-order valence-corrected chi connectivity index (χ0v) is 10.5. The van der Waals surface area contributed by atoms with E-state index in [2.05, 4.69) is 4.57 Å². The van der Waals surface area contributed by atoms with Crippen LogP contribution in [-0.4, -0.2) is 40.2 Å². The number of hydrogen-bond donors (Lipinski definition) is 1. The molecule has 2 rings (SSSR count). The number of carbonyl (C=O) groups is 1. The van der Waals surface area contributed by atoms with E-state index in [1.807, 2.05) is 18.3 Å². The number of hydrogen-bond acceptors (Lipinski definition) is 2. The Kier molecular flexibility index (Phi) is 3.52. The molecule has 1 atom stereocenters. The van der Waals surface area contributed by atoms with Crippen LogP contribution in [0.1, 0.15) is 42.7 Å². The number of likely N-dealkylation sites (N-methyl/N-ethyl adjacent to an activating group) is 1. The Hall–Kier alpha value is -1.29. The first kappa shape index (κ1) is 12.2. The van der Waals surface area contributed by atoms with Gasteiger partial charge in [-0.15, -0.1) is 0 Å². The van der Waals surface area contributed by atoms with Gasteiger partial charge in [-0.3, -0.25) is 4.79 Å². The average Bonchev–Trinajstić information content (AvgIpc) is 2.61. The Morgan fingerprint density at radius 2 is 2.35 bits per heavy atom. The number of nitrogens with zero attached hydrogens (tertiary/aromatic N) is 2. The van der Waals surface area contributed by atoms with E-state index >= 15 is 0 Å². The molecule has 0 radical (unpaired) electrons. The fourth-order valence-electron chi connectivity index (χ4n) is 2.23. The molecule has 1 aliphatic rings. The quantitative estimate of drug-likeness (QED) is 0.864. The van der Waals surface area contributed by atoms with Gasteiger partial charge in [0.15, 0.2) is 0 Å². The monoisotopic (exact) mass is 236 g/mol. The van der Waals surface area contributed by atoms with E-state index in [9.17, 15) is 9.90 Å². The third kappa shape index (κ3) is 2.52. The van der Waals surface area contributed by atoms with E-state index in [4.69, 9.17) is 0 Å². The lowest BCUT2D eigenvalue weighted by atomic mass is 9.93. The average molecular weight is 236 g/mol. The van der Waals surface area contributed by atoms with Crippen LogP contribution in [0, 0.1) is 0 Å². The Morgan fingerprint density at radius 3 is 2.88 bits per heavy atom. The van der Waals surface area contributed by atoms with Crippen molar-refractivity contribution in [3.05, 3.63) is 24.0 Å². The number of aliphatic hydroxyl groups is 1. The molecule has 0 saturated heterocycles. The third-order valence-corrected chi connectivity index (χ3v) is 3.35. The first-order valence-corrected chi connectivity index (χ1v) is 6.20. The molecule has 1 saturated carbocycles. The van der Waals surface area contributed by atoms with Crippen LogP contribution in [0.15, 0.2) is 18.3 Å². The highest BCUT2D eigenvalue weighted by atomic mass is 16.3. The van der Waals surface area contributed by atoms with E-state index in [0.717, 1.165) is 18.5 Å². The second kappa shape index (κ2) is 4.92. The van der Waals surface area contributed by atoms with Gasteiger partial charge in [0.2, 0.25) is 0 Å². The van der Waals surface area contributed by atoms with Gasteiger partial charge in [-0.05, 0) is 38.3 Å². The third-order valence-electron chi connectivity index (χ3n) is 3.35. The zero-order chi connectivity index (χ0) is 12.4. The van der Waals surface area contributed by atoms with Gasteiger partial charge in [-0.2, -0.15) is 0 Å². The summed E-state index contributed by atoms with van der Waals surface area (Å²) in [5.41, 5.74) is 0.734. The molecule has 1 heterocycles. The predicted octanol–water partition coefficient (Wildman–Crippen LogP) is 1.67. The molecule has 1 amide bonds. The largest absolute Gasteiger partial charge is 0.392 e. The summed E-state index contributed by atoms with van der Waals surface area (Å²) in [6.45, 7) is 2.06. The van der Waals surface area contributed by atoms with Crippen molar-refractivity contribution in [2.75, 3.05) is 13.6 Å². The molecule has 0 bridgehead atoms. The topological polar surface area (TPSA) is 45.5 Å². The lowest BCUT2D eigenvalue weighted by molar-refractivity contribution is 0.0688. The minimum Gasteiger partial charge on any atom is -0.392 e. The van der Waals surface area contributed by atoms with Crippen LogP contribution in [0.25, 0.3) is 0 Å². The Balaban J connectivity index is 2.10. The highest BCUT2D eigenvalue weighted by Gasteiger charge is 2.24. The zero-order valence-electron chi connectivity index (χ0n) is 10.5. The molecule has 0 aromatic carbocycles. The summed E-state index contributed by atoms with van der Waals surface area (Å²) in [5, 5.41) is 9.30. The molecular weight excluding hydrogens is 216 g/mol. The van der Waals surface area contributed by atoms with Crippen molar-refractivity contribution >= 4 is 5.91 Å². The van der Waals surface area contributed by atoms with Gasteiger partial charge >= 0.3 is 0 Å². The second-order valence-electron chi connectivity index (χ2n) is 4.92. The summed E-state index contributed by atoms with van der Waals surface area (Å²) < 4.78 is 2.07. The first-order valence-electron chi connectivity index (χ1n) is 6.20. The lowest BCUT2D eigenvalue weighted by Gasteiger charge is -2.30. The predicted molar refractivity (Wildman–Crippen MR) is 66.0 cm³/mol. The summed E-state index contributed by atoms with van der Waals surface area (Å²) in [5.74, 6) is -0.0113. The Labute approximate surface area is 102 Å². The van der Waals surface area contributed by atoms with Crippen molar-refractivity contribution in [2.45, 2.75) is 38.3 Å². The molecule has 1 aliphatic carbocycles. The molecule has 1 aromatic rings. The highest BCUT2D eigenvalue weighted by molar-refractivity contribution is 5.92. The minimum atomic E-state index is -0.490. The van der Waals surface area contributed by atoms with Crippen molar-refractivity contribution < 1.29 is 9.90 Å². The first-order chi connectivity index (χ1) is 8.09. The Bertz CT molecular complexity index is 394. The molecule has 4 nitrogen and oxygen atoms in total. The summed E-state index contributed by atoms with van der Waals surface area (Å²) in [6, 6.07) is 4.27. The van der Waals surface area contributed by atoms with Gasteiger partial charge in [0.25, 0.3) is 5.91 Å². The molecule has 1 fully saturated rings. The molecule has 1 N–H and O–H groups in total. The highest BCUT2D eigenvalue weighted by Crippen LogP contribution is 2.32. The number of carbonyl (C=O) groups excluding carboxylic acids is 1. The van der Waals surface area contributed by atoms with Crippen molar-refractivity contribution in [1.82, 2.24) is 9.47 Å². The van der Waals surface area contributed by atoms with Crippen molar-refractivity contribution in [3.8, 4) is 0 Å². The summed E-state index contributed by atoms with van der Waals surface area (Å²) in [4.78, 5) is 13.8. The van der Waals surface area contributed by atoms with E-state index in [0.29, 0.717) is 12.6 Å². The van der Waals surface area contributed by atoms with Crippen LogP contribution >= 0.6 is 0 Å². The van der Waals surface area contributed by atoms with Crippen LogP contribution in [-0.2, 0) is 0 Å². The molecule has 0 spiro atoms. The molecule has 94 valence electrons. The van der Waals surface area contributed by atoms with Crippen LogP contribution in [0.4, 0.5) is 0 Å². The van der Waals surface area contributed by atoms with E-state index in [1.54, 1.807) is 18.9 Å². The maximum atomic E-state index is 12.2. The smallest absolute Gasteiger partial charge is 0.270 e. The molecule has 17 heavy (non-hydrogen) atoms. The number of aromatic nitrogens is 1. The summed E-state index contributed by atoms with van der Waals surface area (Å²) in [7, 11) is 1.73. The van der Waals surface area contributed by atoms with E-state index in [1.165, 1.54) is 6.42 Å². The van der Waals surface area contributed by atoms with Crippen LogP contribution < -0.4 is 0 Å². The van der Waals surface area contributed by atoms with Gasteiger partial charge in [0.05, 0.1) is 6.10 Å². The van der Waals surface area contributed by atoms with Gasteiger partial charge in [0, 0.05) is 25.8 Å². The van der Waals surface area contributed by atoms with Crippen LogP contribution in [0.2, 0.25) is 0 Å². The van der Waals surface area contributed by atoms with Crippen LogP contribution in [0.5, 0.6) is 0 Å². The molecular formula is C13H20N2O2. The maximum Gasteiger partial charge on any atom is 0.270 e. The summed E-state index contributed by atoms with van der Waals surface area (Å²) in [6.07, 6.45) is 5.06. The van der Waals surface area contributed by atoms with E-state index in [-0.39, 0.29) is 5.91 Å². The van der Waals surface area contributed by atoms with Gasteiger partial charge in [-0.25, -0.2) is 0 Å². The maximum absolute atomic E-state index is 12.2. The van der Waals surface area contributed by atoms with Crippen LogP contribution in [0.3, 0.4) is 0 Å². The fourth-order valence-corrected chi connectivity index (χ4v) is 2.23. The Morgan fingerprint density at radius 1 is 1.65 bits per heavy atom. The van der Waals surface area contributed by atoms with Gasteiger partial charge in [0.1, 0.15) is 5.69 Å². The van der Waals surface area contributed by atoms with E-state index < -0.39 is 6.10 Å². The second-order valence-corrected chi connectivity index (χ2v) is 4.92. The minimum absolute atomic E-state index is 0.0113. The van der Waals surface area contributed by atoms with Gasteiger partial charge in [-0.1, -0.05) is 0 Å². The normalized spacial score (nSPS) is 17.6. The number of amides is 1. The lowest BCUT2D eigenvalue weighted by Crippen LogP contribution is -2.35. The SMILES string of the molecule is CC(O)CN(C)C(=O)c1cccn1C1CCC1. The molecule has 4 heteroatoms. The summed E-state index contributed by atoms with van der Waals surface area (Å²) >= 11 is 0. The van der Waals surface area contributed by atoms with Gasteiger partial charge < -0.3 is 14.6 Å². The number of rotatable bonds is 4. The molecule has 0 aliphatic heterocycles. The van der Waals surface area contributed by atoms with Crippen molar-refractivity contribution in [1.29, 1.82) is 0 Å². The fraction of sp³-hybridized carbons (Fsp3) is 0.615. The number of aliphatic hydroxyl groups excluding tert-OH is 1. The standard InChI is InChI=1S/C13H20N2O2/c1-10(16)9-14(2)13(17)12-7-4-8-15(12)11-5-3-6-11/h4,7-8,10-11,16H,3,5-6,9H2,1-2H3.